The van der Waals surface area contributed by atoms with Crippen LogP contribution in [0.4, 0.5) is 13.2 Å². The van der Waals surface area contributed by atoms with Crippen molar-refractivity contribution >= 4 is 19.2 Å². The second kappa shape index (κ2) is 6.85. The van der Waals surface area contributed by atoms with Crippen molar-refractivity contribution in [3.05, 3.63) is 35.9 Å². The van der Waals surface area contributed by atoms with Gasteiger partial charge < -0.3 is 0 Å². The van der Waals surface area contributed by atoms with Crippen LogP contribution in [0, 0.1) is 0 Å². The maximum atomic E-state index is 12.1. The third kappa shape index (κ3) is 4.51. The SMILES string of the molecule is B=C(OCc1ccccc1)N1CC[C@H](OC(=O)C(F)(F)F)C1. The topological polar surface area (TPSA) is 38.8 Å². The third-order valence-corrected chi connectivity index (χ3v) is 3.25. The van der Waals surface area contributed by atoms with Gasteiger partial charge in [-0.25, -0.2) is 0 Å². The van der Waals surface area contributed by atoms with Gasteiger partial charge in [-0.3, -0.25) is 0 Å². The normalized spacial score (nSPS) is 18.1. The Morgan fingerprint density at radius 1 is 1.32 bits per heavy atom. The second-order valence-corrected chi connectivity index (χ2v) is 4.93. The van der Waals surface area contributed by atoms with Crippen molar-refractivity contribution in [2.75, 3.05) is 13.1 Å². The maximum absolute atomic E-state index is 12.1. The number of esters is 1. The summed E-state index contributed by atoms with van der Waals surface area (Å²) in [5.74, 6) is -1.80. The molecule has 0 bridgehead atoms. The van der Waals surface area contributed by atoms with Crippen LogP contribution in [0.5, 0.6) is 0 Å². The first-order chi connectivity index (χ1) is 10.4. The summed E-state index contributed by atoms with van der Waals surface area (Å²) in [5, 5.41) is 0. The number of carbonyl (C=O) groups is 1. The van der Waals surface area contributed by atoms with Gasteiger partial charge in [0.2, 0.25) is 0 Å². The van der Waals surface area contributed by atoms with Crippen molar-refractivity contribution in [3.63, 3.8) is 0 Å². The van der Waals surface area contributed by atoms with E-state index in [1.165, 1.54) is 0 Å². The zero-order valence-electron chi connectivity index (χ0n) is 11.8. The van der Waals surface area contributed by atoms with Gasteiger partial charge in [0.25, 0.3) is 0 Å². The zero-order chi connectivity index (χ0) is 16.2. The van der Waals surface area contributed by atoms with E-state index in [4.69, 9.17) is 4.74 Å². The Bertz CT molecular complexity index is 536. The van der Waals surface area contributed by atoms with Crippen LogP contribution in [0.1, 0.15) is 12.0 Å². The number of nitrogens with zero attached hydrogens (tertiary/aromatic N) is 1. The molecule has 4 nitrogen and oxygen atoms in total. The fourth-order valence-corrected chi connectivity index (χ4v) is 2.10. The van der Waals surface area contributed by atoms with Crippen LogP contribution in [-0.2, 0) is 20.9 Å². The predicted molar refractivity (Wildman–Crippen MR) is 75.5 cm³/mol. The molecular weight excluding hydrogens is 298 g/mol. The van der Waals surface area contributed by atoms with Gasteiger partial charge in [0.1, 0.15) is 0 Å². The van der Waals surface area contributed by atoms with Gasteiger partial charge in [0.15, 0.2) is 0 Å². The zero-order valence-corrected chi connectivity index (χ0v) is 11.8. The van der Waals surface area contributed by atoms with E-state index in [9.17, 15) is 18.0 Å². The molecule has 1 aliphatic rings. The summed E-state index contributed by atoms with van der Waals surface area (Å²) in [5.41, 5.74) is 0.961. The average molecular weight is 313 g/mol. The summed E-state index contributed by atoms with van der Waals surface area (Å²) in [4.78, 5) is 12.5. The number of carbonyl (C=O) groups excluding carboxylic acids is 1. The Morgan fingerprint density at radius 2 is 2.00 bits per heavy atom. The number of ether oxygens (including phenoxy) is 2. The summed E-state index contributed by atoms with van der Waals surface area (Å²) in [6, 6.07) is 9.43. The van der Waals surface area contributed by atoms with E-state index in [0.717, 1.165) is 5.56 Å². The number of alkyl halides is 3. The number of halogens is 3. The summed E-state index contributed by atoms with van der Waals surface area (Å²) in [6.07, 6.45) is -5.45. The van der Waals surface area contributed by atoms with Crippen molar-refractivity contribution < 1.29 is 27.4 Å². The van der Waals surface area contributed by atoms with Crippen molar-refractivity contribution in [1.82, 2.24) is 4.90 Å². The van der Waals surface area contributed by atoms with Gasteiger partial charge in [-0.15, -0.1) is 0 Å². The van der Waals surface area contributed by atoms with E-state index in [1.807, 2.05) is 30.3 Å². The first-order valence-electron chi connectivity index (χ1n) is 6.74. The predicted octanol–water partition coefficient (Wildman–Crippen LogP) is 1.37. The van der Waals surface area contributed by atoms with E-state index in [1.54, 1.807) is 4.90 Å². The molecule has 1 aromatic carbocycles. The molecule has 2 rings (SSSR count). The Hall–Kier alpha value is -1.99. The standard InChI is InChI=1S/C14H15BF3NO3/c15-13(21-9-10-4-2-1-3-5-10)19-7-6-11(8-19)22-12(20)14(16,17)18/h1-5,11,15H,6-9H2/t11-/m0/s1. The Morgan fingerprint density at radius 3 is 2.64 bits per heavy atom. The quantitative estimate of drug-likeness (QED) is 0.608. The van der Waals surface area contributed by atoms with Gasteiger partial charge in [0.05, 0.1) is 0 Å². The van der Waals surface area contributed by atoms with Crippen molar-refractivity contribution in [2.24, 2.45) is 0 Å². The monoisotopic (exact) mass is 313 g/mol. The molecule has 0 radical (unpaired) electrons. The van der Waals surface area contributed by atoms with E-state index >= 15 is 0 Å². The molecule has 1 saturated heterocycles. The molecule has 0 saturated carbocycles. The Balaban J connectivity index is 1.78. The molecule has 1 aromatic rings. The van der Waals surface area contributed by atoms with Crippen LogP contribution in [-0.4, -0.2) is 49.5 Å². The van der Waals surface area contributed by atoms with Crippen LogP contribution in [0.15, 0.2) is 30.3 Å². The van der Waals surface area contributed by atoms with Crippen LogP contribution >= 0.6 is 0 Å². The summed E-state index contributed by atoms with van der Waals surface area (Å²) in [7, 11) is 3.76. The van der Waals surface area contributed by atoms with Crippen molar-refractivity contribution in [1.29, 1.82) is 0 Å². The van der Waals surface area contributed by atoms with Crippen molar-refractivity contribution in [2.45, 2.75) is 25.3 Å². The molecule has 8 heteroatoms. The van der Waals surface area contributed by atoms with Gasteiger partial charge in [-0.2, -0.15) is 0 Å². The van der Waals surface area contributed by atoms with Crippen LogP contribution < -0.4 is 0 Å². The number of hydrogen-bond donors (Lipinski definition) is 0. The molecule has 1 atom stereocenters. The molecule has 0 N–H and O–H groups in total. The third-order valence-electron chi connectivity index (χ3n) is 3.25. The molecule has 1 heterocycles. The Labute approximate surface area is 126 Å². The van der Waals surface area contributed by atoms with Crippen LogP contribution in [0.2, 0.25) is 0 Å². The number of benzene rings is 1. The number of rotatable bonds is 5. The Kier molecular flexibility index (Phi) is 5.10. The molecular formula is C14H15BF3NO3. The molecule has 0 aromatic heterocycles. The minimum atomic E-state index is -4.96. The number of likely N-dealkylation sites (tertiary alicyclic amines) is 1. The summed E-state index contributed by atoms with van der Waals surface area (Å²) < 4.78 is 46.3. The van der Waals surface area contributed by atoms with Crippen molar-refractivity contribution in [3.8, 4) is 0 Å². The van der Waals surface area contributed by atoms with Gasteiger partial charge in [-0.05, 0) is 0 Å². The van der Waals surface area contributed by atoms with Crippen LogP contribution in [0.3, 0.4) is 0 Å². The summed E-state index contributed by atoms with van der Waals surface area (Å²) in [6.45, 7) is 0.905. The first kappa shape index (κ1) is 16.4. The van der Waals surface area contributed by atoms with E-state index < -0.39 is 18.2 Å². The van der Waals surface area contributed by atoms with Gasteiger partial charge >= 0.3 is 126 Å². The molecule has 118 valence electrons. The van der Waals surface area contributed by atoms with Gasteiger partial charge in [-0.1, -0.05) is 0 Å². The molecule has 0 amide bonds. The fraction of sp³-hybridized carbons (Fsp3) is 0.429. The molecule has 0 unspecified atom stereocenters. The van der Waals surface area contributed by atoms with E-state index in [2.05, 4.69) is 12.2 Å². The molecule has 0 aliphatic carbocycles. The molecule has 1 aliphatic heterocycles. The number of hydrogen-bond acceptors (Lipinski definition) is 4. The average Bonchev–Trinajstić information content (AvgIpc) is 2.93. The molecule has 1 fully saturated rings. The second-order valence-electron chi connectivity index (χ2n) is 4.93. The minimum absolute atomic E-state index is 0.148. The molecule has 22 heavy (non-hydrogen) atoms. The van der Waals surface area contributed by atoms with E-state index in [-0.39, 0.29) is 6.54 Å². The first-order valence-corrected chi connectivity index (χ1v) is 6.74. The summed E-state index contributed by atoms with van der Waals surface area (Å²) >= 11 is 0. The molecule has 0 spiro atoms. The fourth-order valence-electron chi connectivity index (χ4n) is 2.10. The van der Waals surface area contributed by atoms with Crippen LogP contribution in [0.25, 0.3) is 0 Å². The van der Waals surface area contributed by atoms with Gasteiger partial charge in [0, 0.05) is 0 Å². The van der Waals surface area contributed by atoms with E-state index in [0.29, 0.717) is 25.3 Å².